The van der Waals surface area contributed by atoms with Gasteiger partial charge in [-0.1, -0.05) is 0 Å². The molecule has 0 N–H and O–H groups in total. The summed E-state index contributed by atoms with van der Waals surface area (Å²) < 4.78 is 6.48. The number of hydrogen-bond donors (Lipinski definition) is 0. The van der Waals surface area contributed by atoms with Crippen LogP contribution in [0, 0.1) is 0 Å². The van der Waals surface area contributed by atoms with Gasteiger partial charge in [-0.2, -0.15) is 0 Å². The maximum atomic E-state index is 2.65. The Morgan fingerprint density at radius 3 is 1.44 bits per heavy atom. The predicted octanol–water partition coefficient (Wildman–Crippen LogP) is 10.6. The van der Waals surface area contributed by atoms with Crippen LogP contribution < -0.4 is 9.81 Å². The zero-order valence-electron chi connectivity index (χ0n) is 32.7. The molecular weight excluding hydrogens is 743 g/mol. The van der Waals surface area contributed by atoms with Crippen molar-refractivity contribution in [3.63, 3.8) is 0 Å². The minimum absolute atomic E-state index is 0. The first-order valence-electron chi connectivity index (χ1n) is 18.1. The summed E-state index contributed by atoms with van der Waals surface area (Å²) in [5.74, 6) is 0. The van der Waals surface area contributed by atoms with Gasteiger partial charge in [0.05, 0.1) is 0 Å². The molecule has 0 unspecified atom stereocenters. The van der Waals surface area contributed by atoms with Crippen LogP contribution in [0.15, 0.2) is 100 Å². The molecule has 2 aliphatic rings. The fraction of sp³-hybridized carbons (Fsp3) is 0.391. The quantitative estimate of drug-likeness (QED) is 0.159. The summed E-state index contributed by atoms with van der Waals surface area (Å²) in [6.07, 6.45) is 9.29. The summed E-state index contributed by atoms with van der Waals surface area (Å²) >= 11 is -4.67. The second-order valence-electron chi connectivity index (χ2n) is 18.9. The first kappa shape index (κ1) is 40.8. The van der Waals surface area contributed by atoms with E-state index in [2.05, 4.69) is 187 Å². The Hall–Kier alpha value is -1.96. The Labute approximate surface area is 319 Å². The molecule has 0 aromatic heterocycles. The predicted molar refractivity (Wildman–Crippen MR) is 226 cm³/mol. The van der Waals surface area contributed by atoms with E-state index in [1.54, 1.807) is 24.2 Å². The third-order valence-corrected chi connectivity index (χ3v) is 37.3. The Morgan fingerprint density at radius 1 is 0.560 bits per heavy atom. The van der Waals surface area contributed by atoms with Crippen molar-refractivity contribution in [1.82, 2.24) is 0 Å². The average molecular weight is 803 g/mol. The Kier molecular flexibility index (Phi) is 11.0. The zero-order chi connectivity index (χ0) is 35.1. The van der Waals surface area contributed by atoms with Crippen LogP contribution in [0.4, 0.5) is 0 Å². The molecule has 0 saturated heterocycles. The minimum Gasteiger partial charge on any atom is -0.147 e. The molecule has 4 heteroatoms. The third kappa shape index (κ3) is 6.37. The van der Waals surface area contributed by atoms with Crippen LogP contribution in [-0.4, -0.2) is 6.88 Å². The van der Waals surface area contributed by atoms with Gasteiger partial charge < -0.3 is 0 Å². The van der Waals surface area contributed by atoms with Crippen LogP contribution in [0.2, 0.25) is 0 Å². The number of halogens is 2. The molecular formula is C46H60Cl2SiZr. The Balaban J connectivity index is 0.00000281. The molecule has 0 fully saturated rings. The first-order chi connectivity index (χ1) is 22.2. The van der Waals surface area contributed by atoms with E-state index in [-0.39, 0.29) is 46.5 Å². The van der Waals surface area contributed by atoms with E-state index in [0.29, 0.717) is 0 Å². The smallest absolute Gasteiger partial charge is 0.147 e. The SMILES string of the molecule is CC(C)(C)c1cc2c(cc1C(C)(C)C)-c1cc(C(C)(C)C)c(C(C)(C)C)[c]([Zr](=[SiH2])([C]3=CC=CC3)([c]3ccccc3)[c]3ccccc3)c1C2.Cl.Cl. The molecule has 266 valence electrons. The van der Waals surface area contributed by atoms with Gasteiger partial charge in [-0.05, 0) is 0 Å². The number of hydrogen-bond acceptors (Lipinski definition) is 0. The van der Waals surface area contributed by atoms with Gasteiger partial charge in [0.25, 0.3) is 0 Å². The van der Waals surface area contributed by atoms with Crippen molar-refractivity contribution in [3.8, 4) is 11.1 Å². The molecule has 4 aromatic carbocycles. The molecule has 0 heterocycles. The Bertz CT molecular complexity index is 1990. The molecule has 0 atom stereocenters. The summed E-state index contributed by atoms with van der Waals surface area (Å²) in [6, 6.07) is 31.4. The van der Waals surface area contributed by atoms with Gasteiger partial charge in [0.15, 0.2) is 0 Å². The summed E-state index contributed by atoms with van der Waals surface area (Å²) in [4.78, 5) is 0. The van der Waals surface area contributed by atoms with Crippen LogP contribution in [0.5, 0.6) is 0 Å². The number of fused-ring (bicyclic) bond motifs is 3. The van der Waals surface area contributed by atoms with Crippen molar-refractivity contribution in [2.45, 2.75) is 118 Å². The van der Waals surface area contributed by atoms with Crippen molar-refractivity contribution in [2.75, 3.05) is 0 Å². The van der Waals surface area contributed by atoms with Crippen molar-refractivity contribution in [2.24, 2.45) is 0 Å². The molecule has 4 aromatic rings. The van der Waals surface area contributed by atoms with Crippen LogP contribution in [0.25, 0.3) is 11.1 Å². The van der Waals surface area contributed by atoms with Crippen LogP contribution in [0.3, 0.4) is 0 Å². The van der Waals surface area contributed by atoms with E-state index >= 15 is 0 Å². The van der Waals surface area contributed by atoms with Gasteiger partial charge in [-0.15, -0.1) is 24.8 Å². The van der Waals surface area contributed by atoms with E-state index in [1.165, 1.54) is 33.4 Å². The van der Waals surface area contributed by atoms with E-state index < -0.39 is 17.4 Å². The van der Waals surface area contributed by atoms with Gasteiger partial charge in [0.1, 0.15) is 0 Å². The summed E-state index contributed by atoms with van der Waals surface area (Å²) in [6.45, 7) is 31.5. The largest absolute Gasteiger partial charge is 0.147 e. The summed E-state index contributed by atoms with van der Waals surface area (Å²) in [7, 11) is 0. The van der Waals surface area contributed by atoms with Crippen molar-refractivity contribution < 1.29 is 17.4 Å². The van der Waals surface area contributed by atoms with Gasteiger partial charge in [0.2, 0.25) is 0 Å². The minimum atomic E-state index is -4.67. The average Bonchev–Trinajstić information content (AvgIpc) is 3.67. The first-order valence-corrected chi connectivity index (χ1v) is 28.9. The topological polar surface area (TPSA) is 0 Å². The van der Waals surface area contributed by atoms with Gasteiger partial charge in [-0.25, -0.2) is 0 Å². The molecule has 0 spiro atoms. The van der Waals surface area contributed by atoms with Gasteiger partial charge in [-0.3, -0.25) is 0 Å². The van der Waals surface area contributed by atoms with Crippen molar-refractivity contribution in [1.29, 1.82) is 0 Å². The molecule has 0 nitrogen and oxygen atoms in total. The van der Waals surface area contributed by atoms with Crippen LogP contribution >= 0.6 is 24.8 Å². The molecule has 0 radical (unpaired) electrons. The molecule has 50 heavy (non-hydrogen) atoms. The molecule has 6 rings (SSSR count). The van der Waals surface area contributed by atoms with E-state index in [0.717, 1.165) is 12.8 Å². The summed E-state index contributed by atoms with van der Waals surface area (Å²) in [5.41, 5.74) is 12.1. The second kappa shape index (κ2) is 13.5. The fourth-order valence-corrected chi connectivity index (χ4v) is 32.4. The van der Waals surface area contributed by atoms with E-state index in [4.69, 9.17) is 0 Å². The summed E-state index contributed by atoms with van der Waals surface area (Å²) in [5, 5.41) is 0. The number of rotatable bonds is 4. The molecule has 0 saturated carbocycles. The monoisotopic (exact) mass is 800 g/mol. The molecule has 2 aliphatic carbocycles. The molecule has 0 aliphatic heterocycles. The number of benzene rings is 4. The zero-order valence-corrected chi connectivity index (χ0v) is 38.2. The van der Waals surface area contributed by atoms with Crippen LogP contribution in [-0.2, 0) is 45.5 Å². The normalized spacial score (nSPS) is 14.8. The van der Waals surface area contributed by atoms with E-state index in [9.17, 15) is 0 Å². The second-order valence-corrected chi connectivity index (χ2v) is 40.1. The maximum Gasteiger partial charge on any atom is -0.147 e. The standard InChI is InChI=1S/C29H41.2C6H5.C5H5.2ClH.H2Si.Zr/c1-26(2,3)22-14-18-13-19-15-23(27(4,5)6)25(29(10,11)12)17-21(19)20(18)16-24(22)28(7,8)9;2*1-2-4-6-5-3-1;1-2-4-5-3-1;;;;/h14,16-17H,13H2,1-12H3;2*1-5H;1-3H,4H2;2*1H;1H2;. The maximum absolute atomic E-state index is 4.67. The number of allylic oxidation sites excluding steroid dienone is 4. The van der Waals surface area contributed by atoms with Crippen LogP contribution in [0.1, 0.15) is 123 Å². The third-order valence-electron chi connectivity index (χ3n) is 11.4. The van der Waals surface area contributed by atoms with Crippen molar-refractivity contribution >= 4 is 41.5 Å². The Morgan fingerprint density at radius 2 is 1.02 bits per heavy atom. The fourth-order valence-electron chi connectivity index (χ4n) is 9.06. The van der Waals surface area contributed by atoms with E-state index in [1.807, 2.05) is 0 Å². The van der Waals surface area contributed by atoms with Gasteiger partial charge >= 0.3 is 297 Å². The van der Waals surface area contributed by atoms with Crippen molar-refractivity contribution in [3.05, 3.63) is 134 Å². The molecule has 0 amide bonds. The van der Waals surface area contributed by atoms with Gasteiger partial charge in [0, 0.05) is 0 Å². The molecule has 0 bridgehead atoms.